The van der Waals surface area contributed by atoms with Gasteiger partial charge in [0.2, 0.25) is 0 Å². The van der Waals surface area contributed by atoms with Crippen LogP contribution in [0.5, 0.6) is 0 Å². The predicted molar refractivity (Wildman–Crippen MR) is 212 cm³/mol. The smallest absolute Gasteiger partial charge is 0.306 e. The van der Waals surface area contributed by atoms with Gasteiger partial charge in [0.1, 0.15) is 6.10 Å². The molecule has 1 rings (SSSR count). The summed E-state index contributed by atoms with van der Waals surface area (Å²) < 4.78 is 11.7. The van der Waals surface area contributed by atoms with E-state index in [1.54, 1.807) is 0 Å². The Morgan fingerprint density at radius 3 is 1.59 bits per heavy atom. The zero-order valence-electron chi connectivity index (χ0n) is 34.0. The molecule has 0 aromatic heterocycles. The van der Waals surface area contributed by atoms with E-state index in [9.17, 15) is 9.59 Å². The number of hydrogen-bond acceptors (Lipinski definition) is 5. The lowest BCUT2D eigenvalue weighted by Gasteiger charge is -2.24. The van der Waals surface area contributed by atoms with Crippen molar-refractivity contribution in [2.24, 2.45) is 5.92 Å². The Balaban J connectivity index is 0.0000113. The van der Waals surface area contributed by atoms with E-state index in [4.69, 9.17) is 9.47 Å². The second kappa shape index (κ2) is 38.1. The summed E-state index contributed by atoms with van der Waals surface area (Å²) in [4.78, 5) is 27.8. The molecule has 2 atom stereocenters. The van der Waals surface area contributed by atoms with Crippen LogP contribution in [0.3, 0.4) is 0 Å². The van der Waals surface area contributed by atoms with Gasteiger partial charge in [0, 0.05) is 12.8 Å². The minimum Gasteiger partial charge on any atom is -0.466 e. The van der Waals surface area contributed by atoms with Gasteiger partial charge in [-0.15, -0.1) is 0 Å². The molecule has 1 saturated heterocycles. The van der Waals surface area contributed by atoms with Gasteiger partial charge < -0.3 is 14.4 Å². The molecule has 0 amide bonds. The Labute approximate surface area is 307 Å². The Morgan fingerprint density at radius 2 is 1.00 bits per heavy atom. The van der Waals surface area contributed by atoms with Gasteiger partial charge in [0.25, 0.3) is 0 Å². The van der Waals surface area contributed by atoms with E-state index in [-0.39, 0.29) is 18.0 Å². The maximum absolute atomic E-state index is 12.8. The van der Waals surface area contributed by atoms with E-state index in [2.05, 4.69) is 25.7 Å². The highest BCUT2D eigenvalue weighted by molar-refractivity contribution is 5.69. The van der Waals surface area contributed by atoms with Crippen LogP contribution < -0.4 is 0 Å². The zero-order chi connectivity index (χ0) is 36.0. The molecule has 2 unspecified atom stereocenters. The van der Waals surface area contributed by atoms with Crippen molar-refractivity contribution in [2.45, 2.75) is 240 Å². The van der Waals surface area contributed by atoms with Crippen LogP contribution in [0.4, 0.5) is 0 Å². The van der Waals surface area contributed by atoms with Crippen LogP contribution in [0.15, 0.2) is 0 Å². The number of likely N-dealkylation sites (tertiary alicyclic amines) is 1. The summed E-state index contributed by atoms with van der Waals surface area (Å²) in [6, 6.07) is 0. The van der Waals surface area contributed by atoms with Crippen LogP contribution >= 0.6 is 0 Å². The van der Waals surface area contributed by atoms with Gasteiger partial charge in [0.15, 0.2) is 0 Å². The Kier molecular flexibility index (Phi) is 37.3. The summed E-state index contributed by atoms with van der Waals surface area (Å²) in [6.45, 7) is 14.8. The highest BCUT2D eigenvalue weighted by Gasteiger charge is 2.16. The summed E-state index contributed by atoms with van der Waals surface area (Å²) in [5.74, 6) is 0.537. The van der Waals surface area contributed by atoms with Gasteiger partial charge in [-0.25, -0.2) is 0 Å². The third-order valence-corrected chi connectivity index (χ3v) is 10.3. The molecular formula is C44H87NO4. The van der Waals surface area contributed by atoms with Crippen molar-refractivity contribution in [3.05, 3.63) is 0 Å². The fraction of sp³-hybridized carbons (Fsp3) is 0.955. The molecule has 5 heteroatoms. The molecule has 0 aliphatic carbocycles. The van der Waals surface area contributed by atoms with E-state index in [1.165, 1.54) is 154 Å². The molecule has 1 aliphatic rings. The maximum atomic E-state index is 12.8. The van der Waals surface area contributed by atoms with E-state index in [0.717, 1.165) is 51.5 Å². The van der Waals surface area contributed by atoms with E-state index in [0.29, 0.717) is 25.4 Å². The normalized spacial score (nSPS) is 15.0. The summed E-state index contributed by atoms with van der Waals surface area (Å²) in [6.07, 6.45) is 36.7. The molecule has 0 aromatic carbocycles. The fourth-order valence-corrected chi connectivity index (χ4v) is 7.18. The van der Waals surface area contributed by atoms with Crippen LogP contribution in [0.25, 0.3) is 0 Å². The minimum absolute atomic E-state index is 0.0143. The van der Waals surface area contributed by atoms with Gasteiger partial charge >= 0.3 is 11.9 Å². The quantitative estimate of drug-likeness (QED) is 0.0518. The molecule has 0 aromatic rings. The second-order valence-electron chi connectivity index (χ2n) is 14.9. The molecule has 1 fully saturated rings. The first-order chi connectivity index (χ1) is 24.1. The van der Waals surface area contributed by atoms with Crippen molar-refractivity contribution in [1.82, 2.24) is 4.90 Å². The molecule has 292 valence electrons. The van der Waals surface area contributed by atoms with Gasteiger partial charge in [0.05, 0.1) is 6.61 Å². The lowest BCUT2D eigenvalue weighted by atomic mass is 9.92. The van der Waals surface area contributed by atoms with Crippen LogP contribution in [-0.4, -0.2) is 49.2 Å². The van der Waals surface area contributed by atoms with Crippen LogP contribution in [-0.2, 0) is 19.1 Å². The van der Waals surface area contributed by atoms with Crippen LogP contribution in [0.2, 0.25) is 0 Å². The first-order valence-corrected chi connectivity index (χ1v) is 22.2. The first-order valence-electron chi connectivity index (χ1n) is 22.2. The lowest BCUT2D eigenvalue weighted by molar-refractivity contribution is -0.150. The monoisotopic (exact) mass is 694 g/mol. The molecule has 1 heterocycles. The average molecular weight is 694 g/mol. The zero-order valence-corrected chi connectivity index (χ0v) is 34.0. The fourth-order valence-electron chi connectivity index (χ4n) is 7.18. The SMILES string of the molecule is CC.CCCCCCCCCC(CCCCCCCCOC(=O)CC(CCCC)CCCCCC)OC(=O)CCCN1CCCCCCC1. The topological polar surface area (TPSA) is 55.8 Å². The van der Waals surface area contributed by atoms with E-state index >= 15 is 0 Å². The third-order valence-electron chi connectivity index (χ3n) is 10.3. The average Bonchev–Trinajstić information content (AvgIpc) is 3.09. The van der Waals surface area contributed by atoms with Crippen molar-refractivity contribution < 1.29 is 19.1 Å². The molecule has 5 nitrogen and oxygen atoms in total. The number of esters is 2. The number of carbonyl (C=O) groups is 2. The number of hydrogen-bond donors (Lipinski definition) is 0. The third kappa shape index (κ3) is 32.5. The highest BCUT2D eigenvalue weighted by Crippen LogP contribution is 2.22. The number of unbranched alkanes of at least 4 members (excludes halogenated alkanes) is 15. The van der Waals surface area contributed by atoms with E-state index < -0.39 is 0 Å². The van der Waals surface area contributed by atoms with Gasteiger partial charge in [-0.3, -0.25) is 9.59 Å². The minimum atomic E-state index is 0.0143. The van der Waals surface area contributed by atoms with Crippen molar-refractivity contribution in [3.8, 4) is 0 Å². The molecule has 0 N–H and O–H groups in total. The first kappa shape index (κ1) is 47.9. The predicted octanol–water partition coefficient (Wildman–Crippen LogP) is 13.6. The van der Waals surface area contributed by atoms with Crippen molar-refractivity contribution in [3.63, 3.8) is 0 Å². The number of ether oxygens (including phenoxy) is 2. The standard InChI is InChI=1S/C42H81NO4.C2H6/c1-4-7-10-12-13-17-23-31-40(47-41(44)33-28-36-43-34-25-19-16-20-26-35-43)32-24-18-14-15-21-27-37-46-42(45)38-39(29-9-6-3)30-22-11-8-5-2;1-2/h39-40H,4-38H2,1-3H3;1-2H3. The Morgan fingerprint density at radius 1 is 0.531 bits per heavy atom. The molecule has 0 spiro atoms. The van der Waals surface area contributed by atoms with E-state index in [1.807, 2.05) is 13.8 Å². The van der Waals surface area contributed by atoms with Crippen molar-refractivity contribution in [2.75, 3.05) is 26.2 Å². The molecule has 0 saturated carbocycles. The largest absolute Gasteiger partial charge is 0.466 e. The molecular weight excluding hydrogens is 606 g/mol. The van der Waals surface area contributed by atoms with Crippen molar-refractivity contribution >= 4 is 11.9 Å². The second-order valence-corrected chi connectivity index (χ2v) is 14.9. The molecule has 0 bridgehead atoms. The summed E-state index contributed by atoms with van der Waals surface area (Å²) >= 11 is 0. The highest BCUT2D eigenvalue weighted by atomic mass is 16.5. The lowest BCUT2D eigenvalue weighted by Crippen LogP contribution is -2.29. The molecule has 49 heavy (non-hydrogen) atoms. The Bertz CT molecular complexity index is 690. The number of nitrogens with zero attached hydrogens (tertiary/aromatic N) is 1. The van der Waals surface area contributed by atoms with Crippen LogP contribution in [0, 0.1) is 5.92 Å². The Hall–Kier alpha value is -1.10. The molecule has 1 aliphatic heterocycles. The summed E-state index contributed by atoms with van der Waals surface area (Å²) in [5.41, 5.74) is 0. The van der Waals surface area contributed by atoms with Gasteiger partial charge in [-0.05, 0) is 89.8 Å². The van der Waals surface area contributed by atoms with Crippen LogP contribution in [0.1, 0.15) is 234 Å². The molecule has 0 radical (unpaired) electrons. The summed E-state index contributed by atoms with van der Waals surface area (Å²) in [7, 11) is 0. The number of rotatable bonds is 32. The summed E-state index contributed by atoms with van der Waals surface area (Å²) in [5, 5.41) is 0. The van der Waals surface area contributed by atoms with Gasteiger partial charge in [-0.2, -0.15) is 0 Å². The van der Waals surface area contributed by atoms with Gasteiger partial charge in [-0.1, -0.05) is 157 Å². The maximum Gasteiger partial charge on any atom is 0.306 e. The van der Waals surface area contributed by atoms with Crippen molar-refractivity contribution in [1.29, 1.82) is 0 Å². The number of carbonyl (C=O) groups excluding carboxylic acids is 2.